The topological polar surface area (TPSA) is 38.1 Å². The molecule has 3 rings (SSSR count). The summed E-state index contributed by atoms with van der Waals surface area (Å²) < 4.78 is 2.01. The van der Waals surface area contributed by atoms with Crippen molar-refractivity contribution in [1.82, 2.24) is 14.7 Å². The molecule has 0 N–H and O–H groups in total. The SMILES string of the molecule is Cc1ccccc1C(=O)N1CCC(n2cccn2)CC1. The molecule has 1 amide bonds. The van der Waals surface area contributed by atoms with E-state index in [1.165, 1.54) is 0 Å². The molecule has 1 aliphatic rings. The van der Waals surface area contributed by atoms with Crippen molar-refractivity contribution in [2.75, 3.05) is 13.1 Å². The molecule has 20 heavy (non-hydrogen) atoms. The highest BCUT2D eigenvalue weighted by Crippen LogP contribution is 2.23. The van der Waals surface area contributed by atoms with E-state index in [1.54, 1.807) is 0 Å². The molecule has 0 bridgehead atoms. The van der Waals surface area contributed by atoms with E-state index < -0.39 is 0 Å². The van der Waals surface area contributed by atoms with Crippen molar-refractivity contribution in [2.24, 2.45) is 0 Å². The number of likely N-dealkylation sites (tertiary alicyclic amines) is 1. The number of amides is 1. The van der Waals surface area contributed by atoms with Crippen molar-refractivity contribution in [3.63, 3.8) is 0 Å². The van der Waals surface area contributed by atoms with Gasteiger partial charge in [-0.05, 0) is 37.5 Å². The van der Waals surface area contributed by atoms with Gasteiger partial charge in [-0.1, -0.05) is 18.2 Å². The maximum atomic E-state index is 12.5. The van der Waals surface area contributed by atoms with Gasteiger partial charge in [0.2, 0.25) is 0 Å². The van der Waals surface area contributed by atoms with Crippen molar-refractivity contribution in [3.8, 4) is 0 Å². The Hall–Kier alpha value is -2.10. The summed E-state index contributed by atoms with van der Waals surface area (Å²) >= 11 is 0. The molecule has 2 aromatic rings. The van der Waals surface area contributed by atoms with Gasteiger partial charge in [0, 0.05) is 31.0 Å². The number of hydrogen-bond acceptors (Lipinski definition) is 2. The van der Waals surface area contributed by atoms with Gasteiger partial charge in [0.05, 0.1) is 6.04 Å². The minimum absolute atomic E-state index is 0.155. The Kier molecular flexibility index (Phi) is 3.54. The summed E-state index contributed by atoms with van der Waals surface area (Å²) in [7, 11) is 0. The number of rotatable bonds is 2. The molecule has 0 radical (unpaired) electrons. The number of hydrogen-bond donors (Lipinski definition) is 0. The van der Waals surface area contributed by atoms with Gasteiger partial charge >= 0.3 is 0 Å². The van der Waals surface area contributed by atoms with Crippen molar-refractivity contribution < 1.29 is 4.79 Å². The molecule has 0 spiro atoms. The van der Waals surface area contributed by atoms with E-state index >= 15 is 0 Å². The summed E-state index contributed by atoms with van der Waals surface area (Å²) in [6.07, 6.45) is 5.76. The lowest BCUT2D eigenvalue weighted by Gasteiger charge is -2.32. The lowest BCUT2D eigenvalue weighted by atomic mass is 10.0. The van der Waals surface area contributed by atoms with Gasteiger partial charge in [-0.2, -0.15) is 5.10 Å². The van der Waals surface area contributed by atoms with Crippen LogP contribution in [0.15, 0.2) is 42.7 Å². The van der Waals surface area contributed by atoms with Crippen LogP contribution >= 0.6 is 0 Å². The number of aryl methyl sites for hydroxylation is 1. The minimum Gasteiger partial charge on any atom is -0.338 e. The average Bonchev–Trinajstić information content (AvgIpc) is 3.01. The molecule has 4 heteroatoms. The predicted octanol–water partition coefficient (Wildman–Crippen LogP) is 2.67. The Morgan fingerprint density at radius 1 is 1.20 bits per heavy atom. The van der Waals surface area contributed by atoms with Crippen LogP contribution in [0.3, 0.4) is 0 Å². The Morgan fingerprint density at radius 2 is 1.95 bits per heavy atom. The zero-order valence-corrected chi connectivity index (χ0v) is 11.7. The standard InChI is InChI=1S/C16H19N3O/c1-13-5-2-3-6-15(13)16(20)18-11-7-14(8-12-18)19-10-4-9-17-19/h2-6,9-10,14H,7-8,11-12H2,1H3. The third-order valence-corrected chi connectivity index (χ3v) is 4.03. The second kappa shape index (κ2) is 5.49. The van der Waals surface area contributed by atoms with Crippen LogP contribution in [0.4, 0.5) is 0 Å². The molecule has 0 unspecified atom stereocenters. The van der Waals surface area contributed by atoms with Gasteiger partial charge in [-0.25, -0.2) is 0 Å². The maximum Gasteiger partial charge on any atom is 0.254 e. The first kappa shape index (κ1) is 12.9. The average molecular weight is 269 g/mol. The number of carbonyl (C=O) groups is 1. The summed E-state index contributed by atoms with van der Waals surface area (Å²) in [6.45, 7) is 3.60. The summed E-state index contributed by atoms with van der Waals surface area (Å²) in [5, 5.41) is 4.30. The summed E-state index contributed by atoms with van der Waals surface area (Å²) in [5.74, 6) is 0.155. The lowest BCUT2D eigenvalue weighted by Crippen LogP contribution is -2.39. The van der Waals surface area contributed by atoms with Gasteiger partial charge in [0.25, 0.3) is 5.91 Å². The quantitative estimate of drug-likeness (QED) is 0.840. The fourth-order valence-corrected chi connectivity index (χ4v) is 2.81. The van der Waals surface area contributed by atoms with E-state index in [9.17, 15) is 4.79 Å². The van der Waals surface area contributed by atoms with Crippen LogP contribution in [0, 0.1) is 6.92 Å². The summed E-state index contributed by atoms with van der Waals surface area (Å²) in [5.41, 5.74) is 1.87. The zero-order valence-electron chi connectivity index (χ0n) is 11.7. The second-order valence-corrected chi connectivity index (χ2v) is 5.32. The van der Waals surface area contributed by atoms with E-state index in [0.717, 1.165) is 37.1 Å². The van der Waals surface area contributed by atoms with E-state index in [2.05, 4.69) is 5.10 Å². The normalized spacial score (nSPS) is 16.4. The fraction of sp³-hybridized carbons (Fsp3) is 0.375. The molecule has 1 saturated heterocycles. The molecule has 0 aliphatic carbocycles. The molecule has 0 atom stereocenters. The van der Waals surface area contributed by atoms with Crippen LogP contribution < -0.4 is 0 Å². The monoisotopic (exact) mass is 269 g/mol. The largest absolute Gasteiger partial charge is 0.338 e. The highest BCUT2D eigenvalue weighted by Gasteiger charge is 2.25. The van der Waals surface area contributed by atoms with Gasteiger partial charge in [0.15, 0.2) is 0 Å². The smallest absolute Gasteiger partial charge is 0.254 e. The Labute approximate surface area is 119 Å². The van der Waals surface area contributed by atoms with E-state index in [0.29, 0.717) is 6.04 Å². The van der Waals surface area contributed by atoms with E-state index in [1.807, 2.05) is 59.2 Å². The third-order valence-electron chi connectivity index (χ3n) is 4.03. The second-order valence-electron chi connectivity index (χ2n) is 5.32. The van der Waals surface area contributed by atoms with Crippen molar-refractivity contribution in [2.45, 2.75) is 25.8 Å². The molecule has 1 fully saturated rings. The number of aromatic nitrogens is 2. The fourth-order valence-electron chi connectivity index (χ4n) is 2.81. The molecule has 1 aliphatic heterocycles. The molecule has 4 nitrogen and oxygen atoms in total. The van der Waals surface area contributed by atoms with Crippen LogP contribution in [0.2, 0.25) is 0 Å². The summed E-state index contributed by atoms with van der Waals surface area (Å²) in [4.78, 5) is 14.5. The van der Waals surface area contributed by atoms with Crippen LogP contribution in [-0.4, -0.2) is 33.7 Å². The molecule has 1 aromatic heterocycles. The highest BCUT2D eigenvalue weighted by molar-refractivity contribution is 5.95. The van der Waals surface area contributed by atoms with Crippen LogP contribution in [-0.2, 0) is 0 Å². The summed E-state index contributed by atoms with van der Waals surface area (Å²) in [6, 6.07) is 10.2. The third kappa shape index (κ3) is 2.46. The first-order valence-electron chi connectivity index (χ1n) is 7.10. The molecule has 0 saturated carbocycles. The van der Waals surface area contributed by atoms with Crippen molar-refractivity contribution in [3.05, 3.63) is 53.9 Å². The number of piperidine rings is 1. The number of benzene rings is 1. The van der Waals surface area contributed by atoms with Crippen molar-refractivity contribution in [1.29, 1.82) is 0 Å². The Morgan fingerprint density at radius 3 is 2.60 bits per heavy atom. The number of carbonyl (C=O) groups excluding carboxylic acids is 1. The lowest BCUT2D eigenvalue weighted by molar-refractivity contribution is 0.0689. The van der Waals surface area contributed by atoms with E-state index in [-0.39, 0.29) is 5.91 Å². The molecule has 1 aromatic carbocycles. The Balaban J connectivity index is 1.66. The minimum atomic E-state index is 0.155. The molecular weight excluding hydrogens is 250 g/mol. The molecule has 104 valence electrons. The van der Waals surface area contributed by atoms with Gasteiger partial charge in [-0.3, -0.25) is 9.48 Å². The zero-order chi connectivity index (χ0) is 13.9. The highest BCUT2D eigenvalue weighted by atomic mass is 16.2. The van der Waals surface area contributed by atoms with Crippen molar-refractivity contribution >= 4 is 5.91 Å². The molecular formula is C16H19N3O. The maximum absolute atomic E-state index is 12.5. The predicted molar refractivity (Wildman–Crippen MR) is 77.6 cm³/mol. The van der Waals surface area contributed by atoms with Gasteiger partial charge in [0.1, 0.15) is 0 Å². The first-order chi connectivity index (χ1) is 9.75. The van der Waals surface area contributed by atoms with Crippen LogP contribution in [0.5, 0.6) is 0 Å². The Bertz CT molecular complexity index is 584. The number of nitrogens with zero attached hydrogens (tertiary/aromatic N) is 3. The van der Waals surface area contributed by atoms with Gasteiger partial charge < -0.3 is 4.90 Å². The van der Waals surface area contributed by atoms with Gasteiger partial charge in [-0.15, -0.1) is 0 Å². The first-order valence-corrected chi connectivity index (χ1v) is 7.10. The van der Waals surface area contributed by atoms with Crippen LogP contribution in [0.1, 0.15) is 34.8 Å². The molecule has 2 heterocycles. The van der Waals surface area contributed by atoms with Crippen LogP contribution in [0.25, 0.3) is 0 Å². The van der Waals surface area contributed by atoms with E-state index in [4.69, 9.17) is 0 Å².